The standard InChI is InChI=1S/C16H22N4O2/c1-2-8-18-15(21)16(22)19-12-13-6-10-20(11-7-13)14-5-3-4-9-17-14/h2-5,9,13H,1,6-8,10-12H2,(H,18,21)(H,19,22). The number of carbonyl (C=O) groups excluding carboxylic acids is 2. The van der Waals surface area contributed by atoms with Gasteiger partial charge >= 0.3 is 11.8 Å². The van der Waals surface area contributed by atoms with Crippen LogP contribution in [0.5, 0.6) is 0 Å². The SMILES string of the molecule is C=CCNC(=O)C(=O)NCC1CCN(c2ccccn2)CC1. The van der Waals surface area contributed by atoms with Gasteiger partial charge in [0.2, 0.25) is 0 Å². The number of rotatable bonds is 5. The average molecular weight is 302 g/mol. The number of piperidine rings is 1. The molecule has 0 unspecified atom stereocenters. The van der Waals surface area contributed by atoms with E-state index in [1.54, 1.807) is 12.3 Å². The number of nitrogens with zero attached hydrogens (tertiary/aromatic N) is 2. The van der Waals surface area contributed by atoms with Crippen LogP contribution < -0.4 is 15.5 Å². The predicted molar refractivity (Wildman–Crippen MR) is 85.4 cm³/mol. The Balaban J connectivity index is 1.70. The maximum Gasteiger partial charge on any atom is 0.309 e. The summed E-state index contributed by atoms with van der Waals surface area (Å²) in [6.45, 7) is 6.16. The van der Waals surface area contributed by atoms with Crippen molar-refractivity contribution in [1.82, 2.24) is 15.6 Å². The highest BCUT2D eigenvalue weighted by atomic mass is 16.2. The van der Waals surface area contributed by atoms with Gasteiger partial charge in [0.15, 0.2) is 0 Å². The Morgan fingerprint density at radius 3 is 2.64 bits per heavy atom. The van der Waals surface area contributed by atoms with E-state index in [0.717, 1.165) is 31.7 Å². The fourth-order valence-corrected chi connectivity index (χ4v) is 2.47. The third kappa shape index (κ3) is 4.58. The Bertz CT molecular complexity index is 510. The van der Waals surface area contributed by atoms with Crippen molar-refractivity contribution in [3.8, 4) is 0 Å². The van der Waals surface area contributed by atoms with Gasteiger partial charge in [0.1, 0.15) is 5.82 Å². The van der Waals surface area contributed by atoms with E-state index < -0.39 is 11.8 Å². The lowest BCUT2D eigenvalue weighted by Crippen LogP contribution is -2.44. The molecule has 6 heteroatoms. The van der Waals surface area contributed by atoms with Crippen LogP contribution in [0.25, 0.3) is 0 Å². The Kier molecular flexibility index (Phi) is 5.94. The van der Waals surface area contributed by atoms with Gasteiger partial charge in [0.05, 0.1) is 0 Å². The first-order chi connectivity index (χ1) is 10.7. The number of aromatic nitrogens is 1. The molecule has 0 saturated carbocycles. The van der Waals surface area contributed by atoms with Crippen molar-refractivity contribution < 1.29 is 9.59 Å². The van der Waals surface area contributed by atoms with Crippen molar-refractivity contribution >= 4 is 17.6 Å². The topological polar surface area (TPSA) is 74.3 Å². The summed E-state index contributed by atoms with van der Waals surface area (Å²) in [5.41, 5.74) is 0. The molecule has 6 nitrogen and oxygen atoms in total. The second kappa shape index (κ2) is 8.17. The van der Waals surface area contributed by atoms with Gasteiger partial charge in [-0.3, -0.25) is 9.59 Å². The summed E-state index contributed by atoms with van der Waals surface area (Å²) >= 11 is 0. The summed E-state index contributed by atoms with van der Waals surface area (Å²) in [6, 6.07) is 5.89. The van der Waals surface area contributed by atoms with Gasteiger partial charge in [-0.1, -0.05) is 12.1 Å². The highest BCUT2D eigenvalue weighted by molar-refractivity contribution is 6.35. The maximum absolute atomic E-state index is 11.6. The zero-order valence-electron chi connectivity index (χ0n) is 12.6. The van der Waals surface area contributed by atoms with Crippen molar-refractivity contribution in [3.63, 3.8) is 0 Å². The third-order valence-electron chi connectivity index (χ3n) is 3.75. The van der Waals surface area contributed by atoms with E-state index in [1.807, 2.05) is 18.2 Å². The van der Waals surface area contributed by atoms with E-state index in [9.17, 15) is 9.59 Å². The summed E-state index contributed by atoms with van der Waals surface area (Å²) in [6.07, 6.45) is 5.29. The number of nitrogens with one attached hydrogen (secondary N) is 2. The van der Waals surface area contributed by atoms with Crippen LogP contribution in [0.2, 0.25) is 0 Å². The Morgan fingerprint density at radius 2 is 2.00 bits per heavy atom. The number of amides is 2. The largest absolute Gasteiger partial charge is 0.357 e. The van der Waals surface area contributed by atoms with Crippen LogP contribution in [0.15, 0.2) is 37.1 Å². The lowest BCUT2D eigenvalue weighted by Gasteiger charge is -2.32. The smallest absolute Gasteiger partial charge is 0.309 e. The Labute approximate surface area is 130 Å². The van der Waals surface area contributed by atoms with E-state index in [-0.39, 0.29) is 0 Å². The number of pyridine rings is 1. The number of hydrogen-bond donors (Lipinski definition) is 2. The van der Waals surface area contributed by atoms with E-state index >= 15 is 0 Å². The molecule has 0 aliphatic carbocycles. The molecule has 1 aliphatic heterocycles. The van der Waals surface area contributed by atoms with Crippen molar-refractivity contribution in [2.75, 3.05) is 31.1 Å². The lowest BCUT2D eigenvalue weighted by atomic mass is 9.97. The molecule has 118 valence electrons. The molecule has 0 spiro atoms. The van der Waals surface area contributed by atoms with E-state index in [4.69, 9.17) is 0 Å². The van der Waals surface area contributed by atoms with Gasteiger partial charge in [0.25, 0.3) is 0 Å². The minimum absolute atomic E-state index is 0.300. The van der Waals surface area contributed by atoms with Crippen LogP contribution >= 0.6 is 0 Å². The molecular weight excluding hydrogens is 280 g/mol. The summed E-state index contributed by atoms with van der Waals surface area (Å²) < 4.78 is 0. The first-order valence-electron chi connectivity index (χ1n) is 7.53. The first-order valence-corrected chi connectivity index (χ1v) is 7.53. The monoisotopic (exact) mass is 302 g/mol. The van der Waals surface area contributed by atoms with E-state index in [1.165, 1.54) is 0 Å². The molecule has 0 aromatic carbocycles. The van der Waals surface area contributed by atoms with Gasteiger partial charge < -0.3 is 15.5 Å². The molecule has 1 fully saturated rings. The summed E-state index contributed by atoms with van der Waals surface area (Å²) in [7, 11) is 0. The minimum Gasteiger partial charge on any atom is -0.357 e. The van der Waals surface area contributed by atoms with Gasteiger partial charge in [-0.05, 0) is 30.9 Å². The maximum atomic E-state index is 11.6. The third-order valence-corrected chi connectivity index (χ3v) is 3.75. The van der Waals surface area contributed by atoms with Gasteiger partial charge in [-0.15, -0.1) is 6.58 Å². The van der Waals surface area contributed by atoms with Gasteiger partial charge in [-0.25, -0.2) is 4.98 Å². The molecular formula is C16H22N4O2. The highest BCUT2D eigenvalue weighted by Gasteiger charge is 2.21. The van der Waals surface area contributed by atoms with E-state index in [2.05, 4.69) is 27.1 Å². The zero-order valence-corrected chi connectivity index (χ0v) is 12.6. The highest BCUT2D eigenvalue weighted by Crippen LogP contribution is 2.20. The second-order valence-electron chi connectivity index (χ2n) is 5.33. The van der Waals surface area contributed by atoms with Crippen LogP contribution in [-0.4, -0.2) is 43.0 Å². The molecule has 1 saturated heterocycles. The molecule has 1 aliphatic rings. The van der Waals surface area contributed by atoms with Crippen LogP contribution in [0.1, 0.15) is 12.8 Å². The molecule has 2 amide bonds. The first kappa shape index (κ1) is 16.0. The number of anilines is 1. The van der Waals surface area contributed by atoms with Crippen LogP contribution in [-0.2, 0) is 9.59 Å². The van der Waals surface area contributed by atoms with Gasteiger partial charge in [-0.2, -0.15) is 0 Å². The fraction of sp³-hybridized carbons (Fsp3) is 0.438. The molecule has 22 heavy (non-hydrogen) atoms. The zero-order chi connectivity index (χ0) is 15.8. The normalized spacial score (nSPS) is 15.2. The van der Waals surface area contributed by atoms with Crippen LogP contribution in [0, 0.1) is 5.92 Å². The Hall–Kier alpha value is -2.37. The lowest BCUT2D eigenvalue weighted by molar-refractivity contribution is -0.139. The predicted octanol–water partition coefficient (Wildman–Crippen LogP) is 0.716. The average Bonchev–Trinajstić information content (AvgIpc) is 2.58. The van der Waals surface area contributed by atoms with Crippen molar-refractivity contribution in [3.05, 3.63) is 37.1 Å². The molecule has 2 rings (SSSR count). The molecule has 1 aromatic rings. The van der Waals surface area contributed by atoms with Crippen LogP contribution in [0.3, 0.4) is 0 Å². The van der Waals surface area contributed by atoms with Crippen molar-refractivity contribution in [1.29, 1.82) is 0 Å². The second-order valence-corrected chi connectivity index (χ2v) is 5.33. The number of hydrogen-bond acceptors (Lipinski definition) is 4. The summed E-state index contributed by atoms with van der Waals surface area (Å²) in [5, 5.41) is 5.16. The number of carbonyl (C=O) groups is 2. The Morgan fingerprint density at radius 1 is 1.27 bits per heavy atom. The molecule has 0 atom stereocenters. The quantitative estimate of drug-likeness (QED) is 0.621. The molecule has 0 radical (unpaired) electrons. The molecule has 0 bridgehead atoms. The fourth-order valence-electron chi connectivity index (χ4n) is 2.47. The van der Waals surface area contributed by atoms with Crippen molar-refractivity contribution in [2.24, 2.45) is 5.92 Å². The van der Waals surface area contributed by atoms with Gasteiger partial charge in [0, 0.05) is 32.4 Å². The molecule has 2 N–H and O–H groups in total. The van der Waals surface area contributed by atoms with Crippen molar-refractivity contribution in [2.45, 2.75) is 12.8 Å². The van der Waals surface area contributed by atoms with Crippen LogP contribution in [0.4, 0.5) is 5.82 Å². The minimum atomic E-state index is -0.606. The molecule has 1 aromatic heterocycles. The molecule has 2 heterocycles. The summed E-state index contributed by atoms with van der Waals surface area (Å²) in [5.74, 6) is 0.213. The summed E-state index contributed by atoms with van der Waals surface area (Å²) in [4.78, 5) is 29.6. The van der Waals surface area contributed by atoms with E-state index in [0.29, 0.717) is 19.0 Å².